The Hall–Kier alpha value is -2.08. The van der Waals surface area contributed by atoms with E-state index in [1.807, 2.05) is 0 Å². The third kappa shape index (κ3) is 3.31. The van der Waals surface area contributed by atoms with Crippen molar-refractivity contribution in [3.8, 4) is 11.3 Å². The van der Waals surface area contributed by atoms with Crippen LogP contribution in [0.1, 0.15) is 21.6 Å². The van der Waals surface area contributed by atoms with Crippen LogP contribution >= 0.6 is 34.8 Å². The first-order chi connectivity index (χ1) is 13.0. The number of carbonyl (C=O) groups is 1. The standard InChI is InChI=1S/C19H12Cl3FN2O2/c20-13-5-6-14(21)17(22)16(13)19(26)25-8-7-12-15(9-25)24-27-18(12)10-1-3-11(23)4-2-10/h1-6H,7-9H2. The minimum atomic E-state index is -0.320. The number of halogens is 4. The van der Waals surface area contributed by atoms with E-state index in [2.05, 4.69) is 5.16 Å². The van der Waals surface area contributed by atoms with E-state index in [0.717, 1.165) is 11.1 Å². The highest BCUT2D eigenvalue weighted by Crippen LogP contribution is 2.35. The zero-order valence-corrected chi connectivity index (χ0v) is 16.1. The van der Waals surface area contributed by atoms with Crippen molar-refractivity contribution in [2.75, 3.05) is 6.54 Å². The van der Waals surface area contributed by atoms with E-state index >= 15 is 0 Å². The molecule has 4 nitrogen and oxygen atoms in total. The SMILES string of the molecule is O=C(c1c(Cl)ccc(Cl)c1Cl)N1CCc2c(noc2-c2ccc(F)cc2)C1. The van der Waals surface area contributed by atoms with Gasteiger partial charge in [-0.3, -0.25) is 4.79 Å². The van der Waals surface area contributed by atoms with Gasteiger partial charge in [0, 0.05) is 17.7 Å². The monoisotopic (exact) mass is 424 g/mol. The molecule has 0 bridgehead atoms. The molecule has 0 saturated carbocycles. The molecule has 4 rings (SSSR count). The van der Waals surface area contributed by atoms with E-state index < -0.39 is 0 Å². The maximum Gasteiger partial charge on any atom is 0.257 e. The van der Waals surface area contributed by atoms with Crippen LogP contribution in [0.5, 0.6) is 0 Å². The minimum absolute atomic E-state index is 0.132. The van der Waals surface area contributed by atoms with Crippen molar-refractivity contribution in [2.45, 2.75) is 13.0 Å². The number of nitrogens with zero attached hydrogens (tertiary/aromatic N) is 2. The lowest BCUT2D eigenvalue weighted by Crippen LogP contribution is -2.36. The zero-order valence-electron chi connectivity index (χ0n) is 13.8. The molecule has 0 spiro atoms. The van der Waals surface area contributed by atoms with Gasteiger partial charge in [0.1, 0.15) is 11.5 Å². The van der Waals surface area contributed by atoms with Gasteiger partial charge in [-0.2, -0.15) is 0 Å². The van der Waals surface area contributed by atoms with Gasteiger partial charge in [-0.05, 0) is 42.8 Å². The number of benzene rings is 2. The number of rotatable bonds is 2. The summed E-state index contributed by atoms with van der Waals surface area (Å²) in [5.74, 6) is -0.0421. The lowest BCUT2D eigenvalue weighted by atomic mass is 10.00. The van der Waals surface area contributed by atoms with Crippen LogP contribution < -0.4 is 0 Å². The summed E-state index contributed by atoms with van der Waals surface area (Å²) in [5.41, 5.74) is 2.49. The molecule has 2 aromatic carbocycles. The highest BCUT2D eigenvalue weighted by molar-refractivity contribution is 6.46. The van der Waals surface area contributed by atoms with Crippen molar-refractivity contribution in [3.05, 3.63) is 74.1 Å². The number of aromatic nitrogens is 1. The first-order valence-corrected chi connectivity index (χ1v) is 9.25. The zero-order chi connectivity index (χ0) is 19.1. The van der Waals surface area contributed by atoms with Gasteiger partial charge in [0.2, 0.25) is 0 Å². The molecule has 138 valence electrons. The quantitative estimate of drug-likeness (QED) is 0.499. The molecule has 1 aliphatic rings. The van der Waals surface area contributed by atoms with Gasteiger partial charge in [-0.25, -0.2) is 4.39 Å². The van der Waals surface area contributed by atoms with Crippen LogP contribution in [-0.4, -0.2) is 22.5 Å². The van der Waals surface area contributed by atoms with Crippen molar-refractivity contribution in [1.29, 1.82) is 0 Å². The van der Waals surface area contributed by atoms with E-state index in [1.165, 1.54) is 12.1 Å². The Balaban J connectivity index is 1.62. The average Bonchev–Trinajstić information content (AvgIpc) is 3.09. The van der Waals surface area contributed by atoms with Crippen LogP contribution in [0, 0.1) is 5.82 Å². The molecule has 0 aliphatic carbocycles. The second-order valence-corrected chi connectivity index (χ2v) is 7.33. The van der Waals surface area contributed by atoms with Crippen LogP contribution in [0.15, 0.2) is 40.9 Å². The molecular formula is C19H12Cl3FN2O2. The molecule has 27 heavy (non-hydrogen) atoms. The lowest BCUT2D eigenvalue weighted by molar-refractivity contribution is 0.0732. The Kier molecular flexibility index (Phi) is 4.84. The van der Waals surface area contributed by atoms with Gasteiger partial charge >= 0.3 is 0 Å². The highest BCUT2D eigenvalue weighted by Gasteiger charge is 2.30. The lowest BCUT2D eigenvalue weighted by Gasteiger charge is -2.27. The summed E-state index contributed by atoms with van der Waals surface area (Å²) in [5, 5.41) is 4.73. The van der Waals surface area contributed by atoms with Gasteiger partial charge in [-0.1, -0.05) is 40.0 Å². The molecule has 1 aromatic heterocycles. The van der Waals surface area contributed by atoms with E-state index in [-0.39, 0.29) is 38.9 Å². The van der Waals surface area contributed by atoms with Gasteiger partial charge < -0.3 is 9.42 Å². The third-order valence-electron chi connectivity index (χ3n) is 4.49. The number of hydrogen-bond donors (Lipinski definition) is 0. The smallest absolute Gasteiger partial charge is 0.257 e. The van der Waals surface area contributed by atoms with Crippen LogP contribution in [-0.2, 0) is 13.0 Å². The molecule has 1 aliphatic heterocycles. The third-order valence-corrected chi connectivity index (χ3v) is 5.61. The molecular weight excluding hydrogens is 414 g/mol. The van der Waals surface area contributed by atoms with Gasteiger partial charge in [0.05, 0.1) is 27.2 Å². The first-order valence-electron chi connectivity index (χ1n) is 8.12. The molecule has 0 radical (unpaired) electrons. The summed E-state index contributed by atoms with van der Waals surface area (Å²) >= 11 is 18.4. The molecule has 0 saturated heterocycles. The molecule has 0 fully saturated rings. The Bertz CT molecular complexity index is 1030. The summed E-state index contributed by atoms with van der Waals surface area (Å²) in [6, 6.07) is 9.10. The molecule has 0 unspecified atom stereocenters. The fraction of sp³-hybridized carbons (Fsp3) is 0.158. The van der Waals surface area contributed by atoms with E-state index in [4.69, 9.17) is 39.3 Å². The number of amides is 1. The largest absolute Gasteiger partial charge is 0.356 e. The highest BCUT2D eigenvalue weighted by atomic mass is 35.5. The Morgan fingerprint density at radius 2 is 1.78 bits per heavy atom. The number of hydrogen-bond acceptors (Lipinski definition) is 3. The van der Waals surface area contributed by atoms with Gasteiger partial charge in [0.15, 0.2) is 5.76 Å². The van der Waals surface area contributed by atoms with Gasteiger partial charge in [-0.15, -0.1) is 0 Å². The van der Waals surface area contributed by atoms with Gasteiger partial charge in [0.25, 0.3) is 5.91 Å². The molecule has 3 aromatic rings. The molecule has 1 amide bonds. The molecule has 0 atom stereocenters. The van der Waals surface area contributed by atoms with E-state index in [1.54, 1.807) is 29.2 Å². The van der Waals surface area contributed by atoms with E-state index in [0.29, 0.717) is 24.4 Å². The maximum atomic E-state index is 13.1. The fourth-order valence-electron chi connectivity index (χ4n) is 3.11. The summed E-state index contributed by atoms with van der Waals surface area (Å²) in [7, 11) is 0. The summed E-state index contributed by atoms with van der Waals surface area (Å²) in [6.07, 6.45) is 0.549. The predicted molar refractivity (Wildman–Crippen MR) is 102 cm³/mol. The van der Waals surface area contributed by atoms with Crippen LogP contribution in [0.25, 0.3) is 11.3 Å². The Labute approximate surface area is 169 Å². The normalized spacial score (nSPS) is 13.6. The topological polar surface area (TPSA) is 46.3 Å². The second-order valence-electron chi connectivity index (χ2n) is 6.14. The van der Waals surface area contributed by atoms with Crippen LogP contribution in [0.3, 0.4) is 0 Å². The van der Waals surface area contributed by atoms with Crippen molar-refractivity contribution in [3.63, 3.8) is 0 Å². The Morgan fingerprint density at radius 3 is 2.52 bits per heavy atom. The predicted octanol–water partition coefficient (Wildman–Crippen LogP) is 5.64. The maximum absolute atomic E-state index is 13.1. The number of carbonyl (C=O) groups excluding carboxylic acids is 1. The van der Waals surface area contributed by atoms with Crippen molar-refractivity contribution in [1.82, 2.24) is 10.1 Å². The molecule has 0 N–H and O–H groups in total. The number of fused-ring (bicyclic) bond motifs is 1. The molecule has 8 heteroatoms. The van der Waals surface area contributed by atoms with Crippen molar-refractivity contribution < 1.29 is 13.7 Å². The average molecular weight is 426 g/mol. The minimum Gasteiger partial charge on any atom is -0.356 e. The Morgan fingerprint density at radius 1 is 1.07 bits per heavy atom. The van der Waals surface area contributed by atoms with Crippen molar-refractivity contribution >= 4 is 40.7 Å². The van der Waals surface area contributed by atoms with Crippen LogP contribution in [0.4, 0.5) is 4.39 Å². The first kappa shape index (κ1) is 18.3. The fourth-order valence-corrected chi connectivity index (χ4v) is 3.80. The second kappa shape index (κ2) is 7.15. The summed E-state index contributed by atoms with van der Waals surface area (Å²) in [4.78, 5) is 14.5. The summed E-state index contributed by atoms with van der Waals surface area (Å²) in [6.45, 7) is 0.707. The summed E-state index contributed by atoms with van der Waals surface area (Å²) < 4.78 is 18.6. The van der Waals surface area contributed by atoms with Crippen molar-refractivity contribution in [2.24, 2.45) is 0 Å². The molecule has 2 heterocycles. The van der Waals surface area contributed by atoms with Crippen LogP contribution in [0.2, 0.25) is 15.1 Å². The van der Waals surface area contributed by atoms with E-state index in [9.17, 15) is 9.18 Å².